The maximum Gasteiger partial charge on any atom is 0.240 e. The van der Waals surface area contributed by atoms with E-state index in [4.69, 9.17) is 10.3 Å². The smallest absolute Gasteiger partial charge is 0.240 e. The molecule has 0 atom stereocenters. The van der Waals surface area contributed by atoms with Gasteiger partial charge in [-0.25, -0.2) is 13.1 Å². The molecule has 1 aromatic heterocycles. The highest BCUT2D eigenvalue weighted by Gasteiger charge is 2.18. The molecule has 0 saturated carbocycles. The molecule has 0 spiro atoms. The summed E-state index contributed by atoms with van der Waals surface area (Å²) in [5.41, 5.74) is 6.70. The van der Waals surface area contributed by atoms with E-state index >= 15 is 0 Å². The van der Waals surface area contributed by atoms with Crippen LogP contribution in [0.5, 0.6) is 0 Å². The molecule has 0 aliphatic rings. The summed E-state index contributed by atoms with van der Waals surface area (Å²) in [7, 11) is -3.62. The van der Waals surface area contributed by atoms with Crippen molar-refractivity contribution in [3.63, 3.8) is 0 Å². The van der Waals surface area contributed by atoms with Gasteiger partial charge < -0.3 is 10.3 Å². The van der Waals surface area contributed by atoms with Gasteiger partial charge in [0.1, 0.15) is 0 Å². The summed E-state index contributed by atoms with van der Waals surface area (Å²) in [6, 6.07) is 3.09. The zero-order chi connectivity index (χ0) is 14.8. The number of hydrogen-bond donors (Lipinski definition) is 2. The van der Waals surface area contributed by atoms with E-state index in [1.807, 2.05) is 0 Å². The van der Waals surface area contributed by atoms with Crippen molar-refractivity contribution in [3.05, 3.63) is 34.4 Å². The Morgan fingerprint density at radius 3 is 2.85 bits per heavy atom. The standard InChI is InChI=1S/C11H13BrN4O3S/c1-7-4-8(12)9(13)5-10(7)20(17,18)16-3-2-11-14-6-15-19-11/h4-6,16H,2-3,13H2,1H3. The van der Waals surface area contributed by atoms with Gasteiger partial charge in [0, 0.05) is 23.1 Å². The number of aryl methyl sites for hydroxylation is 1. The summed E-state index contributed by atoms with van der Waals surface area (Å²) in [5.74, 6) is 0.375. The molecule has 1 aromatic carbocycles. The maximum absolute atomic E-state index is 12.2. The second-order valence-electron chi connectivity index (χ2n) is 4.12. The van der Waals surface area contributed by atoms with Crippen molar-refractivity contribution >= 4 is 31.6 Å². The Bertz CT molecular complexity index is 701. The number of rotatable bonds is 5. The van der Waals surface area contributed by atoms with E-state index in [9.17, 15) is 8.42 Å². The first kappa shape index (κ1) is 14.9. The van der Waals surface area contributed by atoms with E-state index in [0.717, 1.165) is 0 Å². The van der Waals surface area contributed by atoms with Crippen molar-refractivity contribution in [2.45, 2.75) is 18.2 Å². The Hall–Kier alpha value is -1.45. The lowest BCUT2D eigenvalue weighted by Gasteiger charge is -2.10. The van der Waals surface area contributed by atoms with Crippen LogP contribution in [-0.4, -0.2) is 25.1 Å². The molecular formula is C11H13BrN4O3S. The number of hydrogen-bond acceptors (Lipinski definition) is 6. The van der Waals surface area contributed by atoms with Crippen LogP contribution in [0.3, 0.4) is 0 Å². The fourth-order valence-corrected chi connectivity index (χ4v) is 3.38. The largest absolute Gasteiger partial charge is 0.398 e. The SMILES string of the molecule is Cc1cc(Br)c(N)cc1S(=O)(=O)NCCc1ncno1. The third-order valence-electron chi connectivity index (χ3n) is 2.62. The topological polar surface area (TPSA) is 111 Å². The van der Waals surface area contributed by atoms with Crippen molar-refractivity contribution < 1.29 is 12.9 Å². The fourth-order valence-electron chi connectivity index (χ4n) is 1.63. The van der Waals surface area contributed by atoms with E-state index in [2.05, 4.69) is 30.8 Å². The van der Waals surface area contributed by atoms with Gasteiger partial charge in [-0.2, -0.15) is 4.98 Å². The highest BCUT2D eigenvalue weighted by atomic mass is 79.9. The second-order valence-corrected chi connectivity index (χ2v) is 6.71. The van der Waals surface area contributed by atoms with Gasteiger partial charge in [-0.1, -0.05) is 5.16 Å². The van der Waals surface area contributed by atoms with Crippen LogP contribution in [0.1, 0.15) is 11.5 Å². The molecule has 0 aliphatic carbocycles. The quantitative estimate of drug-likeness (QED) is 0.776. The summed E-state index contributed by atoms with van der Waals surface area (Å²) in [6.45, 7) is 1.87. The summed E-state index contributed by atoms with van der Waals surface area (Å²) in [6.07, 6.45) is 1.59. The average molecular weight is 361 g/mol. The van der Waals surface area contributed by atoms with Crippen molar-refractivity contribution in [1.82, 2.24) is 14.9 Å². The van der Waals surface area contributed by atoms with Gasteiger partial charge in [-0.3, -0.25) is 0 Å². The van der Waals surface area contributed by atoms with Crippen LogP contribution >= 0.6 is 15.9 Å². The number of anilines is 1. The normalized spacial score (nSPS) is 11.7. The lowest BCUT2D eigenvalue weighted by Crippen LogP contribution is -2.26. The molecule has 108 valence electrons. The molecule has 0 radical (unpaired) electrons. The number of nitrogen functional groups attached to an aromatic ring is 1. The highest BCUT2D eigenvalue weighted by molar-refractivity contribution is 9.10. The third kappa shape index (κ3) is 3.35. The molecule has 0 fully saturated rings. The lowest BCUT2D eigenvalue weighted by atomic mass is 10.2. The number of nitrogens with zero attached hydrogens (tertiary/aromatic N) is 2. The van der Waals surface area contributed by atoms with Crippen LogP contribution in [0.2, 0.25) is 0 Å². The van der Waals surface area contributed by atoms with Crippen LogP contribution in [0.15, 0.2) is 32.4 Å². The Balaban J connectivity index is 2.12. The summed E-state index contributed by atoms with van der Waals surface area (Å²) < 4.78 is 32.3. The molecule has 2 aromatic rings. The van der Waals surface area contributed by atoms with Crippen LogP contribution in [0, 0.1) is 6.92 Å². The average Bonchev–Trinajstić information content (AvgIpc) is 2.86. The Kier molecular flexibility index (Phi) is 4.41. The van der Waals surface area contributed by atoms with E-state index in [-0.39, 0.29) is 11.4 Å². The van der Waals surface area contributed by atoms with Crippen LogP contribution in [-0.2, 0) is 16.4 Å². The molecule has 3 N–H and O–H groups in total. The van der Waals surface area contributed by atoms with Crippen LogP contribution < -0.4 is 10.5 Å². The minimum absolute atomic E-state index is 0.156. The minimum atomic E-state index is -3.62. The molecule has 0 bridgehead atoms. The van der Waals surface area contributed by atoms with Gasteiger partial charge in [0.15, 0.2) is 6.33 Å². The van der Waals surface area contributed by atoms with Gasteiger partial charge in [-0.15, -0.1) is 0 Å². The molecule has 0 unspecified atom stereocenters. The van der Waals surface area contributed by atoms with Crippen molar-refractivity contribution in [3.8, 4) is 0 Å². The molecular weight excluding hydrogens is 348 g/mol. The molecule has 20 heavy (non-hydrogen) atoms. The second kappa shape index (κ2) is 5.90. The van der Waals surface area contributed by atoms with Gasteiger partial charge in [-0.05, 0) is 40.5 Å². The molecule has 9 heteroatoms. The van der Waals surface area contributed by atoms with Gasteiger partial charge in [0.05, 0.1) is 4.90 Å². The van der Waals surface area contributed by atoms with E-state index in [1.165, 1.54) is 12.4 Å². The number of sulfonamides is 1. The molecule has 7 nitrogen and oxygen atoms in total. The monoisotopic (exact) mass is 360 g/mol. The van der Waals surface area contributed by atoms with Crippen molar-refractivity contribution in [1.29, 1.82) is 0 Å². The van der Waals surface area contributed by atoms with Gasteiger partial charge in [0.25, 0.3) is 0 Å². The van der Waals surface area contributed by atoms with E-state index in [1.54, 1.807) is 13.0 Å². The number of benzene rings is 1. The minimum Gasteiger partial charge on any atom is -0.398 e. The predicted molar refractivity (Wildman–Crippen MR) is 76.5 cm³/mol. The summed E-state index contributed by atoms with van der Waals surface area (Å²) in [4.78, 5) is 3.97. The van der Waals surface area contributed by atoms with Gasteiger partial charge in [0.2, 0.25) is 15.9 Å². The first-order chi connectivity index (χ1) is 9.40. The first-order valence-electron chi connectivity index (χ1n) is 5.71. The molecule has 0 amide bonds. The summed E-state index contributed by atoms with van der Waals surface area (Å²) in [5, 5.41) is 3.45. The molecule has 2 rings (SSSR count). The van der Waals surface area contributed by atoms with Crippen LogP contribution in [0.4, 0.5) is 5.69 Å². The summed E-state index contributed by atoms with van der Waals surface area (Å²) >= 11 is 3.26. The van der Waals surface area contributed by atoms with Gasteiger partial charge >= 0.3 is 0 Å². The van der Waals surface area contributed by atoms with E-state index < -0.39 is 10.0 Å². The first-order valence-corrected chi connectivity index (χ1v) is 7.98. The Morgan fingerprint density at radius 2 is 2.20 bits per heavy atom. The number of nitrogens with one attached hydrogen (secondary N) is 1. The fraction of sp³-hybridized carbons (Fsp3) is 0.273. The number of nitrogens with two attached hydrogens (primary N) is 1. The zero-order valence-electron chi connectivity index (χ0n) is 10.6. The van der Waals surface area contributed by atoms with Crippen LogP contribution in [0.25, 0.3) is 0 Å². The third-order valence-corrected chi connectivity index (χ3v) is 4.91. The van der Waals surface area contributed by atoms with E-state index in [0.29, 0.717) is 28.0 Å². The lowest BCUT2D eigenvalue weighted by molar-refractivity contribution is 0.377. The molecule has 1 heterocycles. The Morgan fingerprint density at radius 1 is 1.45 bits per heavy atom. The predicted octanol–water partition coefficient (Wildman–Crippen LogP) is 1.24. The molecule has 0 saturated heterocycles. The highest BCUT2D eigenvalue weighted by Crippen LogP contribution is 2.26. The molecule has 0 aliphatic heterocycles. The number of aromatic nitrogens is 2. The maximum atomic E-state index is 12.2. The number of halogens is 1. The van der Waals surface area contributed by atoms with Crippen molar-refractivity contribution in [2.24, 2.45) is 0 Å². The van der Waals surface area contributed by atoms with Crippen molar-refractivity contribution in [2.75, 3.05) is 12.3 Å². The zero-order valence-corrected chi connectivity index (χ0v) is 13.0. The Labute approximate surface area is 124 Å².